The lowest BCUT2D eigenvalue weighted by Gasteiger charge is -2.23. The van der Waals surface area contributed by atoms with Crippen LogP contribution in [0.4, 0.5) is 0 Å². The summed E-state index contributed by atoms with van der Waals surface area (Å²) in [6.07, 6.45) is 7.54. The van der Waals surface area contributed by atoms with Gasteiger partial charge in [-0.3, -0.25) is 9.59 Å². The summed E-state index contributed by atoms with van der Waals surface area (Å²) >= 11 is 1.59. The van der Waals surface area contributed by atoms with Crippen molar-refractivity contribution in [3.63, 3.8) is 0 Å². The van der Waals surface area contributed by atoms with E-state index in [0.29, 0.717) is 24.6 Å². The summed E-state index contributed by atoms with van der Waals surface area (Å²) in [4.78, 5) is 31.2. The first kappa shape index (κ1) is 21.3. The Balaban J connectivity index is 1.33. The second-order valence-corrected chi connectivity index (χ2v) is 8.66. The number of benzene rings is 1. The summed E-state index contributed by atoms with van der Waals surface area (Å²) in [7, 11) is 0. The number of carbonyl (C=O) groups is 2. The molecule has 1 N–H and O–H groups in total. The van der Waals surface area contributed by atoms with Crippen LogP contribution in [0.1, 0.15) is 53.7 Å². The van der Waals surface area contributed by atoms with Gasteiger partial charge >= 0.3 is 0 Å². The molecule has 1 aromatic carbocycles. The van der Waals surface area contributed by atoms with Crippen LogP contribution in [-0.2, 0) is 17.8 Å². The molecular weight excluding hydrogens is 410 g/mol. The van der Waals surface area contributed by atoms with E-state index in [-0.39, 0.29) is 11.8 Å². The highest BCUT2D eigenvalue weighted by Gasteiger charge is 2.20. The van der Waals surface area contributed by atoms with E-state index in [0.717, 1.165) is 42.6 Å². The average Bonchev–Trinajstić information content (AvgIpc) is 3.44. The van der Waals surface area contributed by atoms with Crippen molar-refractivity contribution in [3.8, 4) is 11.5 Å². The molecule has 3 aromatic rings. The third kappa shape index (κ3) is 5.82. The van der Waals surface area contributed by atoms with Crippen LogP contribution in [0, 0.1) is 0 Å². The molecule has 7 heteroatoms. The van der Waals surface area contributed by atoms with Crippen molar-refractivity contribution in [1.82, 2.24) is 15.2 Å². The molecule has 0 radical (unpaired) electrons. The van der Waals surface area contributed by atoms with Gasteiger partial charge in [0.15, 0.2) is 5.69 Å². The predicted octanol–water partition coefficient (Wildman–Crippen LogP) is 4.67. The molecule has 1 aliphatic rings. The van der Waals surface area contributed by atoms with Gasteiger partial charge in [0.25, 0.3) is 5.91 Å². The smallest absolute Gasteiger partial charge is 0.275 e. The van der Waals surface area contributed by atoms with Crippen LogP contribution in [0.3, 0.4) is 0 Å². The molecular formula is C24H27N3O3S. The number of carbonyl (C=O) groups excluding carboxylic acids is 2. The molecule has 6 nitrogen and oxygen atoms in total. The van der Waals surface area contributed by atoms with E-state index < -0.39 is 0 Å². The number of hydrogen-bond acceptors (Lipinski definition) is 5. The molecule has 1 fully saturated rings. The Bertz CT molecular complexity index is 988. The maximum Gasteiger partial charge on any atom is 0.275 e. The molecule has 0 saturated carbocycles. The second-order valence-electron chi connectivity index (χ2n) is 7.88. The highest BCUT2D eigenvalue weighted by molar-refractivity contribution is 7.08. The lowest BCUT2D eigenvalue weighted by atomic mass is 10.1. The van der Waals surface area contributed by atoms with E-state index in [4.69, 9.17) is 4.42 Å². The fourth-order valence-corrected chi connectivity index (χ4v) is 4.39. The van der Waals surface area contributed by atoms with Crippen LogP contribution in [0.2, 0.25) is 0 Å². The zero-order valence-corrected chi connectivity index (χ0v) is 18.3. The van der Waals surface area contributed by atoms with Gasteiger partial charge in [0.2, 0.25) is 11.8 Å². The number of thiophene rings is 1. The van der Waals surface area contributed by atoms with Crippen LogP contribution in [0.25, 0.3) is 11.5 Å². The molecule has 0 unspecified atom stereocenters. The van der Waals surface area contributed by atoms with Crippen molar-refractivity contribution in [2.45, 2.75) is 45.1 Å². The van der Waals surface area contributed by atoms with E-state index >= 15 is 0 Å². The van der Waals surface area contributed by atoms with Crippen LogP contribution < -0.4 is 5.32 Å². The Hall–Kier alpha value is -2.93. The molecule has 0 aliphatic carbocycles. The summed E-state index contributed by atoms with van der Waals surface area (Å²) in [5.41, 5.74) is 3.19. The molecule has 162 valence electrons. The summed E-state index contributed by atoms with van der Waals surface area (Å²) in [6, 6.07) is 9.63. The number of nitrogens with zero attached hydrogens (tertiary/aromatic N) is 2. The summed E-state index contributed by atoms with van der Waals surface area (Å²) in [6.45, 7) is 2.04. The summed E-state index contributed by atoms with van der Waals surface area (Å²) in [5, 5.41) is 6.89. The molecule has 2 aromatic heterocycles. The van der Waals surface area contributed by atoms with Crippen molar-refractivity contribution >= 4 is 23.2 Å². The van der Waals surface area contributed by atoms with Gasteiger partial charge in [0, 0.05) is 25.2 Å². The molecule has 2 amide bonds. The third-order valence-corrected chi connectivity index (χ3v) is 6.23. The van der Waals surface area contributed by atoms with Gasteiger partial charge in [-0.05, 0) is 52.9 Å². The standard InChI is InChI=1S/C24H27N3O3S/c28-22(14-19-10-13-31-17-19)25-15-18-6-8-20(9-7-18)23-26-21(16-30-23)24(29)27-11-4-2-1-3-5-12-27/h6-10,13,16-17H,1-5,11-12,14-15H2,(H,25,28). The van der Waals surface area contributed by atoms with Crippen molar-refractivity contribution < 1.29 is 14.0 Å². The molecule has 0 bridgehead atoms. The minimum Gasteiger partial charge on any atom is -0.444 e. The van der Waals surface area contributed by atoms with E-state index in [1.165, 1.54) is 25.5 Å². The fraction of sp³-hybridized carbons (Fsp3) is 0.375. The Labute approximate surface area is 186 Å². The maximum atomic E-state index is 12.8. The van der Waals surface area contributed by atoms with Crippen molar-refractivity contribution in [3.05, 3.63) is 64.2 Å². The molecule has 3 heterocycles. The Morgan fingerprint density at radius 2 is 1.74 bits per heavy atom. The van der Waals surface area contributed by atoms with Gasteiger partial charge < -0.3 is 14.6 Å². The minimum absolute atomic E-state index is 0.00236. The van der Waals surface area contributed by atoms with E-state index in [1.54, 1.807) is 11.3 Å². The topological polar surface area (TPSA) is 75.4 Å². The quantitative estimate of drug-likeness (QED) is 0.608. The average molecular weight is 438 g/mol. The first-order valence-corrected chi connectivity index (χ1v) is 11.8. The Morgan fingerprint density at radius 1 is 1.00 bits per heavy atom. The van der Waals surface area contributed by atoms with Gasteiger partial charge in [0.1, 0.15) is 6.26 Å². The highest BCUT2D eigenvalue weighted by Crippen LogP contribution is 2.21. The Morgan fingerprint density at radius 3 is 2.45 bits per heavy atom. The lowest BCUT2D eigenvalue weighted by Crippen LogP contribution is -2.34. The van der Waals surface area contributed by atoms with Crippen LogP contribution in [-0.4, -0.2) is 34.8 Å². The van der Waals surface area contributed by atoms with E-state index in [2.05, 4.69) is 10.3 Å². The fourth-order valence-electron chi connectivity index (χ4n) is 3.72. The first-order chi connectivity index (χ1) is 15.2. The number of likely N-dealkylation sites (tertiary alicyclic amines) is 1. The SMILES string of the molecule is O=C(Cc1ccsc1)NCc1ccc(-c2nc(C(=O)N3CCCCCCC3)co2)cc1. The van der Waals surface area contributed by atoms with Crippen molar-refractivity contribution in [1.29, 1.82) is 0 Å². The van der Waals surface area contributed by atoms with Crippen LogP contribution in [0.15, 0.2) is 51.8 Å². The number of rotatable bonds is 6. The number of aromatic nitrogens is 1. The zero-order valence-electron chi connectivity index (χ0n) is 17.5. The van der Waals surface area contributed by atoms with Gasteiger partial charge in [-0.2, -0.15) is 11.3 Å². The van der Waals surface area contributed by atoms with Crippen molar-refractivity contribution in [2.24, 2.45) is 0 Å². The van der Waals surface area contributed by atoms with E-state index in [1.807, 2.05) is 46.0 Å². The highest BCUT2D eigenvalue weighted by atomic mass is 32.1. The number of amides is 2. The van der Waals surface area contributed by atoms with E-state index in [9.17, 15) is 9.59 Å². The monoisotopic (exact) mass is 437 g/mol. The molecule has 31 heavy (non-hydrogen) atoms. The molecule has 0 spiro atoms. The summed E-state index contributed by atoms with van der Waals surface area (Å²) < 4.78 is 5.59. The summed E-state index contributed by atoms with van der Waals surface area (Å²) in [5.74, 6) is 0.382. The van der Waals surface area contributed by atoms with Gasteiger partial charge in [0.05, 0.1) is 6.42 Å². The lowest BCUT2D eigenvalue weighted by molar-refractivity contribution is -0.120. The molecule has 0 atom stereocenters. The van der Waals surface area contributed by atoms with Gasteiger partial charge in [-0.1, -0.05) is 31.4 Å². The third-order valence-electron chi connectivity index (χ3n) is 5.50. The maximum absolute atomic E-state index is 12.8. The Kier molecular flexibility index (Phi) is 7.14. The largest absolute Gasteiger partial charge is 0.444 e. The zero-order chi connectivity index (χ0) is 21.5. The number of hydrogen-bond donors (Lipinski definition) is 1. The van der Waals surface area contributed by atoms with Crippen molar-refractivity contribution in [2.75, 3.05) is 13.1 Å². The number of oxazole rings is 1. The normalized spacial score (nSPS) is 14.6. The first-order valence-electron chi connectivity index (χ1n) is 10.8. The predicted molar refractivity (Wildman–Crippen MR) is 121 cm³/mol. The van der Waals surface area contributed by atoms with Crippen LogP contribution in [0.5, 0.6) is 0 Å². The molecule has 4 rings (SSSR count). The molecule has 1 saturated heterocycles. The molecule has 1 aliphatic heterocycles. The minimum atomic E-state index is -0.0538. The van der Waals surface area contributed by atoms with Gasteiger partial charge in [-0.25, -0.2) is 4.98 Å². The number of nitrogens with one attached hydrogen (secondary N) is 1. The second kappa shape index (κ2) is 10.4. The van der Waals surface area contributed by atoms with Crippen LogP contribution >= 0.6 is 11.3 Å². The van der Waals surface area contributed by atoms with Gasteiger partial charge in [-0.15, -0.1) is 0 Å².